The first-order valence-electron chi connectivity index (χ1n) is 9.67. The molecule has 0 aromatic heterocycles. The van der Waals surface area contributed by atoms with Crippen molar-refractivity contribution < 1.29 is 29.5 Å². The van der Waals surface area contributed by atoms with Crippen LogP contribution in [0, 0.1) is 60.7 Å². The summed E-state index contributed by atoms with van der Waals surface area (Å²) in [6.45, 7) is 0. The second kappa shape index (κ2) is 12.7. The minimum Gasteiger partial charge on any atom is -0.258 e. The third kappa shape index (κ3) is 5.53. The van der Waals surface area contributed by atoms with E-state index in [1.807, 2.05) is 0 Å². The van der Waals surface area contributed by atoms with Gasteiger partial charge in [-0.1, -0.05) is 0 Å². The molecule has 0 saturated heterocycles. The van der Waals surface area contributed by atoms with Crippen LogP contribution in [0.1, 0.15) is 0 Å². The zero-order valence-corrected chi connectivity index (χ0v) is 19.8. The van der Waals surface area contributed by atoms with E-state index in [1.54, 1.807) is 0 Å². The Balaban J connectivity index is 3.50. The molecular weight excluding hydrogens is 616 g/mol. The maximum atomic E-state index is 11.9. The van der Waals surface area contributed by atoms with Gasteiger partial charge in [-0.25, -0.2) is 0 Å². The van der Waals surface area contributed by atoms with Gasteiger partial charge in [-0.05, 0) is 42.6 Å². The average molecular weight is 616 g/mol. The van der Waals surface area contributed by atoms with Crippen LogP contribution >= 0.6 is 0 Å². The smallest absolute Gasteiger partial charge is 0.258 e. The molecule has 0 bridgehead atoms. The monoisotopic (exact) mass is 616 g/mol. The minimum absolute atomic E-state index is 1.60. The van der Waals surface area contributed by atoms with Crippen LogP contribution in [-0.2, 0) is 0 Å². The predicted octanol–water partition coefficient (Wildman–Crippen LogP) is 7.32. The number of nitrogens with zero attached hydrogens (tertiary/aromatic N) is 20. The molecule has 2 aromatic rings. The molecule has 0 aliphatic heterocycles. The van der Waals surface area contributed by atoms with Gasteiger partial charge in [-0.3, -0.25) is 60.7 Å². The summed E-state index contributed by atoms with van der Waals surface area (Å²) in [6.07, 6.45) is 0. The molecule has 2 aromatic carbocycles. The molecule has 0 fully saturated rings. The number of azide groups is 4. The van der Waals surface area contributed by atoms with Crippen molar-refractivity contribution in [3.05, 3.63) is 102 Å². The number of nitro groups is 6. The lowest BCUT2D eigenvalue weighted by Crippen LogP contribution is -2.01. The Hall–Kier alpha value is -8.32. The molecule has 220 valence electrons. The predicted molar refractivity (Wildman–Crippen MR) is 132 cm³/mol. The van der Waals surface area contributed by atoms with Crippen LogP contribution in [-0.4, -0.2) is 29.5 Å². The van der Waals surface area contributed by atoms with E-state index in [0.717, 1.165) is 0 Å². The van der Waals surface area contributed by atoms with Crippen LogP contribution in [0.15, 0.2) is 30.7 Å². The second-order valence-electron chi connectivity index (χ2n) is 6.68. The molecule has 2 rings (SSSR count). The second-order valence-corrected chi connectivity index (χ2v) is 6.68. The molecule has 0 N–H and O–H groups in total. The van der Waals surface area contributed by atoms with Crippen molar-refractivity contribution in [2.24, 2.45) is 30.7 Å². The molecule has 0 heterocycles. The molecule has 0 spiro atoms. The fourth-order valence-electron chi connectivity index (χ4n) is 3.23. The van der Waals surface area contributed by atoms with Crippen molar-refractivity contribution in [3.8, 4) is 0 Å². The van der Waals surface area contributed by atoms with Gasteiger partial charge in [0.25, 0.3) is 0 Å². The van der Waals surface area contributed by atoms with Crippen LogP contribution in [0.5, 0.6) is 0 Å². The first-order chi connectivity index (χ1) is 20.7. The highest BCUT2D eigenvalue weighted by Gasteiger charge is 2.44. The molecular formula is C12N20O12. The van der Waals surface area contributed by atoms with Crippen molar-refractivity contribution in [2.45, 2.75) is 0 Å². The Labute approximate surface area is 231 Å². The summed E-state index contributed by atoms with van der Waals surface area (Å²) in [7, 11) is 0. The summed E-state index contributed by atoms with van der Waals surface area (Å²) in [5, 5.41) is 87.4. The fraction of sp³-hybridized carbons (Fsp3) is 0. The van der Waals surface area contributed by atoms with Gasteiger partial charge in [0, 0.05) is 19.6 Å². The molecule has 0 saturated carbocycles. The van der Waals surface area contributed by atoms with Crippen molar-refractivity contribution in [1.29, 1.82) is 0 Å². The van der Waals surface area contributed by atoms with Crippen LogP contribution in [0.3, 0.4) is 0 Å². The topological polar surface area (TPSA) is 479 Å². The van der Waals surface area contributed by atoms with Gasteiger partial charge >= 0.3 is 34.1 Å². The summed E-state index contributed by atoms with van der Waals surface area (Å²) >= 11 is 0. The summed E-state index contributed by atoms with van der Waals surface area (Å²) in [6, 6.07) is 0. The Bertz CT molecular complexity index is 1700. The zero-order chi connectivity index (χ0) is 33.5. The van der Waals surface area contributed by atoms with Gasteiger partial charge in [0.15, 0.2) is 22.7 Å². The van der Waals surface area contributed by atoms with E-state index in [4.69, 9.17) is 22.1 Å². The number of hydrogen-bond donors (Lipinski definition) is 0. The minimum atomic E-state index is -1.93. The highest BCUT2D eigenvalue weighted by Crippen LogP contribution is 2.59. The summed E-state index contributed by atoms with van der Waals surface area (Å²) in [5.74, 6) is 0. The highest BCUT2D eigenvalue weighted by molar-refractivity contribution is 5.98. The largest absolute Gasteiger partial charge is 0.320 e. The lowest BCUT2D eigenvalue weighted by Gasteiger charge is -2.08. The normalized spacial score (nSPS) is 9.91. The van der Waals surface area contributed by atoms with Gasteiger partial charge in [0.1, 0.15) is 0 Å². The maximum Gasteiger partial charge on any atom is 0.320 e. The van der Waals surface area contributed by atoms with Gasteiger partial charge in [-0.15, -0.1) is 10.2 Å². The molecule has 0 amide bonds. The molecule has 0 atom stereocenters. The van der Waals surface area contributed by atoms with Crippen molar-refractivity contribution in [1.82, 2.24) is 0 Å². The third-order valence-electron chi connectivity index (χ3n) is 4.62. The number of rotatable bonds is 12. The van der Waals surface area contributed by atoms with Crippen LogP contribution in [0.25, 0.3) is 41.8 Å². The lowest BCUT2D eigenvalue weighted by molar-refractivity contribution is -0.400. The first-order valence-corrected chi connectivity index (χ1v) is 9.67. The summed E-state index contributed by atoms with van der Waals surface area (Å²) in [4.78, 5) is 69.2. The Morgan fingerprint density at radius 1 is 0.364 bits per heavy atom. The van der Waals surface area contributed by atoms with Crippen LogP contribution < -0.4 is 0 Å². The number of nitro benzene ring substituents is 6. The Morgan fingerprint density at radius 3 is 0.659 bits per heavy atom. The van der Waals surface area contributed by atoms with E-state index in [2.05, 4.69) is 50.3 Å². The molecule has 0 aliphatic carbocycles. The SMILES string of the molecule is [N-]=[N+]=Nc1c([N+](=O)[O-])c(N=Nc2c([N+](=O)[O-])c(N=[N+]=[N-])c([N+](=O)[O-])c(N=[N+]=[N-])c2[N+](=O)[O-])c([N+](=O)[O-])c(N=[N+]=[N-])c1[N+](=O)[O-]. The van der Waals surface area contributed by atoms with E-state index in [-0.39, 0.29) is 0 Å². The van der Waals surface area contributed by atoms with Crippen molar-refractivity contribution >= 4 is 68.2 Å². The van der Waals surface area contributed by atoms with Crippen molar-refractivity contribution in [3.63, 3.8) is 0 Å². The molecule has 0 radical (unpaired) electrons. The van der Waals surface area contributed by atoms with Gasteiger partial charge in [0.05, 0.1) is 29.5 Å². The highest BCUT2D eigenvalue weighted by atomic mass is 16.7. The molecule has 32 nitrogen and oxygen atoms in total. The Kier molecular flexibility index (Phi) is 9.20. The average Bonchev–Trinajstić information content (AvgIpc) is 2.90. The molecule has 0 aliphatic rings. The molecule has 0 unspecified atom stereocenters. The van der Waals surface area contributed by atoms with Crippen LogP contribution in [0.2, 0.25) is 0 Å². The Morgan fingerprint density at radius 2 is 0.523 bits per heavy atom. The van der Waals surface area contributed by atoms with E-state index >= 15 is 0 Å². The lowest BCUT2D eigenvalue weighted by atomic mass is 10.1. The van der Waals surface area contributed by atoms with E-state index in [9.17, 15) is 60.7 Å². The standard InChI is InChI=1S/C12N20O12/c13-23-19-3-7(27(33)34)1(8(28(35)36)4(20-24-14)11(3)31(41)42)17-18-2-9(29(37)38)5(21-25-15)12(32(43)44)6(22-26-16)10(2)30(39)40. The van der Waals surface area contributed by atoms with Crippen molar-refractivity contribution in [2.75, 3.05) is 0 Å². The molecule has 44 heavy (non-hydrogen) atoms. The quantitative estimate of drug-likeness (QED) is 0.0743. The third-order valence-corrected chi connectivity index (χ3v) is 4.62. The number of hydrogen-bond acceptors (Lipinski definition) is 18. The molecule has 32 heteroatoms. The maximum absolute atomic E-state index is 11.9. The van der Waals surface area contributed by atoms with Gasteiger partial charge in [-0.2, -0.15) is 0 Å². The van der Waals surface area contributed by atoms with Gasteiger partial charge < -0.3 is 0 Å². The zero-order valence-electron chi connectivity index (χ0n) is 19.8. The summed E-state index contributed by atoms with van der Waals surface area (Å²) < 4.78 is 0. The first kappa shape index (κ1) is 31.9. The number of benzene rings is 2. The van der Waals surface area contributed by atoms with Gasteiger partial charge in [0.2, 0.25) is 11.4 Å². The summed E-state index contributed by atoms with van der Waals surface area (Å²) in [5.41, 5.74) is 13.4. The van der Waals surface area contributed by atoms with Crippen LogP contribution in [0.4, 0.5) is 68.2 Å². The van der Waals surface area contributed by atoms with E-state index < -0.39 is 97.8 Å². The fourth-order valence-corrected chi connectivity index (χ4v) is 3.23. The van der Waals surface area contributed by atoms with E-state index in [0.29, 0.717) is 0 Å². The number of azo groups is 1. The van der Waals surface area contributed by atoms with E-state index in [1.165, 1.54) is 0 Å².